The second-order valence-electron chi connectivity index (χ2n) is 11.8. The van der Waals surface area contributed by atoms with Crippen LogP contribution in [0.25, 0.3) is 10.6 Å². The number of thiazole rings is 1. The predicted octanol–water partition coefficient (Wildman–Crippen LogP) is 4.52. The molecule has 3 amide bonds. The van der Waals surface area contributed by atoms with Crippen LogP contribution in [0.1, 0.15) is 45.7 Å². The standard InChI is InChI=1S/C32H43N5O6S/c1-21(2)27(35-30(40)42-6)28(39)34-25(18-22-10-8-7-9-11-22)26(38)20-37(36-31(41)43-32(3,4)5)19-23-12-14-24(15-13-23)29-33-16-17-44-29/h7-17,21,25-27,38H,18-20H2,1-6H3,(H,34,39)(H,35,40)(H,36,41)/t25?,26?,27-/m0/s1. The Morgan fingerprint density at radius 2 is 1.66 bits per heavy atom. The average molecular weight is 626 g/mol. The highest BCUT2D eigenvalue weighted by molar-refractivity contribution is 7.13. The SMILES string of the molecule is COC(=O)N[C@H](C(=O)NC(Cc1ccccc1)C(O)CN(Cc1ccc(-c2nccs2)cc1)NC(=O)OC(C)(C)C)C(C)C. The van der Waals surface area contributed by atoms with E-state index in [2.05, 4.69) is 21.0 Å². The maximum Gasteiger partial charge on any atom is 0.422 e. The molecule has 0 aliphatic rings. The van der Waals surface area contributed by atoms with E-state index in [0.29, 0.717) is 6.42 Å². The van der Waals surface area contributed by atoms with Gasteiger partial charge in [-0.3, -0.25) is 10.2 Å². The second kappa shape index (κ2) is 16.2. The number of methoxy groups -OCH3 is 1. The highest BCUT2D eigenvalue weighted by Gasteiger charge is 2.31. The van der Waals surface area contributed by atoms with Gasteiger partial charge in [-0.1, -0.05) is 68.4 Å². The van der Waals surface area contributed by atoms with Crippen molar-refractivity contribution in [1.29, 1.82) is 0 Å². The van der Waals surface area contributed by atoms with Crippen molar-refractivity contribution in [2.24, 2.45) is 5.92 Å². The Kier molecular flexibility index (Phi) is 12.7. The van der Waals surface area contributed by atoms with E-state index >= 15 is 0 Å². The molecule has 44 heavy (non-hydrogen) atoms. The normalized spacial score (nSPS) is 13.6. The highest BCUT2D eigenvalue weighted by Crippen LogP contribution is 2.22. The molecule has 0 saturated heterocycles. The lowest BCUT2D eigenvalue weighted by molar-refractivity contribution is -0.125. The molecule has 1 heterocycles. The monoisotopic (exact) mass is 625 g/mol. The lowest BCUT2D eigenvalue weighted by Gasteiger charge is -2.32. The molecule has 4 N–H and O–H groups in total. The molecular formula is C32H43N5O6S. The van der Waals surface area contributed by atoms with Gasteiger partial charge in [-0.05, 0) is 44.2 Å². The summed E-state index contributed by atoms with van der Waals surface area (Å²) in [5.74, 6) is -0.712. The summed E-state index contributed by atoms with van der Waals surface area (Å²) in [5.41, 5.74) is 4.77. The number of rotatable bonds is 13. The third-order valence-corrected chi connectivity index (χ3v) is 7.38. The largest absolute Gasteiger partial charge is 0.453 e. The van der Waals surface area contributed by atoms with Crippen LogP contribution in [0.5, 0.6) is 0 Å². The summed E-state index contributed by atoms with van der Waals surface area (Å²) >= 11 is 1.54. The number of nitrogens with one attached hydrogen (secondary N) is 3. The van der Waals surface area contributed by atoms with Crippen LogP contribution in [0.15, 0.2) is 66.2 Å². The van der Waals surface area contributed by atoms with E-state index in [-0.39, 0.29) is 19.0 Å². The number of aliphatic hydroxyl groups is 1. The summed E-state index contributed by atoms with van der Waals surface area (Å²) in [6.07, 6.45) is -0.474. The molecule has 1 aromatic heterocycles. The fraction of sp³-hybridized carbons (Fsp3) is 0.438. The molecule has 0 aliphatic heterocycles. The topological polar surface area (TPSA) is 142 Å². The van der Waals surface area contributed by atoms with E-state index in [1.54, 1.807) is 57.2 Å². The van der Waals surface area contributed by atoms with Crippen molar-refractivity contribution in [3.63, 3.8) is 0 Å². The highest BCUT2D eigenvalue weighted by atomic mass is 32.1. The Morgan fingerprint density at radius 1 is 0.977 bits per heavy atom. The minimum absolute atomic E-state index is 0.0397. The smallest absolute Gasteiger partial charge is 0.422 e. The van der Waals surface area contributed by atoms with Gasteiger partial charge in [-0.2, -0.15) is 0 Å². The van der Waals surface area contributed by atoms with Crippen molar-refractivity contribution in [3.8, 4) is 10.6 Å². The lowest BCUT2D eigenvalue weighted by Crippen LogP contribution is -2.57. The summed E-state index contributed by atoms with van der Waals surface area (Å²) in [4.78, 5) is 42.5. The van der Waals surface area contributed by atoms with E-state index in [0.717, 1.165) is 21.7 Å². The van der Waals surface area contributed by atoms with E-state index in [4.69, 9.17) is 9.47 Å². The molecule has 0 bridgehead atoms. The Hall–Kier alpha value is -4.00. The number of aliphatic hydroxyl groups excluding tert-OH is 1. The first-order valence-corrected chi connectivity index (χ1v) is 15.3. The molecular weight excluding hydrogens is 582 g/mol. The number of hydrogen-bond acceptors (Lipinski definition) is 9. The fourth-order valence-electron chi connectivity index (χ4n) is 4.42. The maximum absolute atomic E-state index is 13.4. The molecule has 2 unspecified atom stereocenters. The van der Waals surface area contributed by atoms with Gasteiger partial charge >= 0.3 is 12.2 Å². The Balaban J connectivity index is 1.84. The van der Waals surface area contributed by atoms with Crippen LogP contribution in [-0.2, 0) is 27.2 Å². The van der Waals surface area contributed by atoms with Crippen molar-refractivity contribution >= 4 is 29.4 Å². The summed E-state index contributed by atoms with van der Waals surface area (Å²) in [7, 11) is 1.23. The van der Waals surface area contributed by atoms with Gasteiger partial charge < -0.3 is 25.2 Å². The van der Waals surface area contributed by atoms with Crippen molar-refractivity contribution in [2.75, 3.05) is 13.7 Å². The van der Waals surface area contributed by atoms with E-state index in [9.17, 15) is 19.5 Å². The van der Waals surface area contributed by atoms with Crippen molar-refractivity contribution in [1.82, 2.24) is 26.1 Å². The molecule has 3 atom stereocenters. The molecule has 2 aromatic carbocycles. The number of carbonyl (C=O) groups excluding carboxylic acids is 3. The zero-order valence-electron chi connectivity index (χ0n) is 26.1. The fourth-order valence-corrected chi connectivity index (χ4v) is 5.06. The third kappa shape index (κ3) is 11.3. The lowest BCUT2D eigenvalue weighted by atomic mass is 9.98. The minimum atomic E-state index is -1.13. The van der Waals surface area contributed by atoms with Crippen LogP contribution in [0, 0.1) is 5.92 Å². The van der Waals surface area contributed by atoms with E-state index in [1.165, 1.54) is 7.11 Å². The molecule has 0 aliphatic carbocycles. The molecule has 0 fully saturated rings. The molecule has 0 radical (unpaired) electrons. The van der Waals surface area contributed by atoms with Gasteiger partial charge in [0.25, 0.3) is 0 Å². The quantitative estimate of drug-likeness (QED) is 0.203. The first-order valence-electron chi connectivity index (χ1n) is 14.4. The van der Waals surface area contributed by atoms with Crippen LogP contribution < -0.4 is 16.1 Å². The van der Waals surface area contributed by atoms with Gasteiger partial charge in [0.05, 0.1) is 19.3 Å². The van der Waals surface area contributed by atoms with Crippen LogP contribution in [-0.4, -0.2) is 70.6 Å². The molecule has 0 spiro atoms. The van der Waals surface area contributed by atoms with Crippen LogP contribution in [0.4, 0.5) is 9.59 Å². The Bertz CT molecular complexity index is 1330. The molecule has 0 saturated carbocycles. The molecule has 12 heteroatoms. The third-order valence-electron chi connectivity index (χ3n) is 6.56. The molecule has 3 aromatic rings. The Labute approximate surface area is 262 Å². The summed E-state index contributed by atoms with van der Waals surface area (Å²) in [6, 6.07) is 15.6. The second-order valence-corrected chi connectivity index (χ2v) is 12.7. The maximum atomic E-state index is 13.4. The van der Waals surface area contributed by atoms with Gasteiger partial charge in [-0.15, -0.1) is 11.3 Å². The number of hydrogen-bond donors (Lipinski definition) is 4. The molecule has 11 nitrogen and oxygen atoms in total. The van der Waals surface area contributed by atoms with Gasteiger partial charge in [0, 0.05) is 30.2 Å². The Morgan fingerprint density at radius 3 is 2.23 bits per heavy atom. The van der Waals surface area contributed by atoms with Crippen LogP contribution in [0.3, 0.4) is 0 Å². The first kappa shape index (κ1) is 34.5. The van der Waals surface area contributed by atoms with Gasteiger partial charge in [0.15, 0.2) is 0 Å². The van der Waals surface area contributed by atoms with Crippen molar-refractivity contribution in [2.45, 2.75) is 71.4 Å². The number of hydrazine groups is 1. The average Bonchev–Trinajstić information content (AvgIpc) is 3.50. The number of nitrogens with zero attached hydrogens (tertiary/aromatic N) is 2. The summed E-state index contributed by atoms with van der Waals surface area (Å²) in [6.45, 7) is 9.11. The van der Waals surface area contributed by atoms with Gasteiger partial charge in [0.1, 0.15) is 16.7 Å². The number of alkyl carbamates (subject to hydrolysis) is 1. The molecule has 238 valence electrons. The number of amides is 3. The zero-order valence-corrected chi connectivity index (χ0v) is 26.9. The van der Waals surface area contributed by atoms with Crippen LogP contribution in [0.2, 0.25) is 0 Å². The minimum Gasteiger partial charge on any atom is -0.453 e. The van der Waals surface area contributed by atoms with E-state index in [1.807, 2.05) is 60.0 Å². The van der Waals surface area contributed by atoms with E-state index < -0.39 is 41.9 Å². The summed E-state index contributed by atoms with van der Waals surface area (Å²) in [5, 5.41) is 21.4. The number of aromatic nitrogens is 1. The molecule has 3 rings (SSSR count). The number of carbonyl (C=O) groups is 3. The number of benzene rings is 2. The van der Waals surface area contributed by atoms with Crippen molar-refractivity contribution < 1.29 is 29.0 Å². The first-order chi connectivity index (χ1) is 20.8. The predicted molar refractivity (Wildman–Crippen MR) is 170 cm³/mol. The summed E-state index contributed by atoms with van der Waals surface area (Å²) < 4.78 is 10.2. The van der Waals surface area contributed by atoms with Crippen molar-refractivity contribution in [3.05, 3.63) is 77.3 Å². The van der Waals surface area contributed by atoms with Gasteiger partial charge in [0.2, 0.25) is 5.91 Å². The number of ether oxygens (including phenoxy) is 2. The zero-order chi connectivity index (χ0) is 32.3. The van der Waals surface area contributed by atoms with Gasteiger partial charge in [-0.25, -0.2) is 19.6 Å². The van der Waals surface area contributed by atoms with Crippen LogP contribution >= 0.6 is 11.3 Å².